The highest BCUT2D eigenvalue weighted by molar-refractivity contribution is 5.56. The minimum atomic E-state index is 0.214. The number of anilines is 1. The average Bonchev–Trinajstić information content (AvgIpc) is 2.49. The quantitative estimate of drug-likeness (QED) is 0.897. The predicted octanol–water partition coefficient (Wildman–Crippen LogP) is 1.14. The molecule has 2 aliphatic rings. The topological polar surface area (TPSA) is 35.7 Å². The molecule has 1 aromatic rings. The van der Waals surface area contributed by atoms with Crippen molar-refractivity contribution in [2.45, 2.75) is 12.5 Å². The number of fused-ring (bicyclic) bond motifs is 1. The molecule has 4 heteroatoms. The van der Waals surface area contributed by atoms with E-state index in [2.05, 4.69) is 46.0 Å². The number of hydrogen-bond acceptors (Lipinski definition) is 4. The third-order valence-corrected chi connectivity index (χ3v) is 4.67. The summed E-state index contributed by atoms with van der Waals surface area (Å²) in [5.41, 5.74) is 8.88. The maximum atomic E-state index is 6.22. The second kappa shape index (κ2) is 6.12. The van der Waals surface area contributed by atoms with Crippen LogP contribution in [0.2, 0.25) is 0 Å². The van der Waals surface area contributed by atoms with Crippen LogP contribution in [0, 0.1) is 0 Å². The first kappa shape index (κ1) is 13.9. The SMILES string of the molecule is CN1CCN(CCN2CCC(N)c3ccccc32)CC1. The average molecular weight is 274 g/mol. The van der Waals surface area contributed by atoms with E-state index in [1.54, 1.807) is 0 Å². The lowest BCUT2D eigenvalue weighted by molar-refractivity contribution is 0.156. The van der Waals surface area contributed by atoms with Crippen LogP contribution in [-0.4, -0.2) is 62.7 Å². The van der Waals surface area contributed by atoms with Crippen molar-refractivity contribution in [3.63, 3.8) is 0 Å². The van der Waals surface area contributed by atoms with Crippen LogP contribution < -0.4 is 10.6 Å². The number of benzene rings is 1. The number of hydrogen-bond donors (Lipinski definition) is 1. The van der Waals surface area contributed by atoms with E-state index in [9.17, 15) is 0 Å². The van der Waals surface area contributed by atoms with Crippen molar-refractivity contribution in [2.24, 2.45) is 5.73 Å². The van der Waals surface area contributed by atoms with Crippen molar-refractivity contribution >= 4 is 5.69 Å². The third-order valence-electron chi connectivity index (χ3n) is 4.67. The van der Waals surface area contributed by atoms with E-state index in [4.69, 9.17) is 5.73 Å². The van der Waals surface area contributed by atoms with E-state index in [-0.39, 0.29) is 6.04 Å². The second-order valence-corrected chi connectivity index (χ2v) is 6.09. The molecule has 1 saturated heterocycles. The highest BCUT2D eigenvalue weighted by Crippen LogP contribution is 2.31. The van der Waals surface area contributed by atoms with Gasteiger partial charge in [-0.25, -0.2) is 0 Å². The summed E-state index contributed by atoms with van der Waals surface area (Å²) >= 11 is 0. The van der Waals surface area contributed by atoms with Crippen LogP contribution >= 0.6 is 0 Å². The first-order valence-corrected chi connectivity index (χ1v) is 7.74. The lowest BCUT2D eigenvalue weighted by Crippen LogP contribution is -2.47. The Kier molecular flexibility index (Phi) is 4.24. The molecule has 1 fully saturated rings. The molecule has 2 N–H and O–H groups in total. The largest absolute Gasteiger partial charge is 0.370 e. The fourth-order valence-electron chi connectivity index (χ4n) is 3.23. The molecule has 1 unspecified atom stereocenters. The van der Waals surface area contributed by atoms with Gasteiger partial charge in [0.15, 0.2) is 0 Å². The molecule has 1 aromatic carbocycles. The Hall–Kier alpha value is -1.10. The molecule has 0 aromatic heterocycles. The molecule has 2 aliphatic heterocycles. The van der Waals surface area contributed by atoms with Crippen molar-refractivity contribution in [2.75, 3.05) is 57.8 Å². The van der Waals surface area contributed by atoms with Crippen molar-refractivity contribution < 1.29 is 0 Å². The summed E-state index contributed by atoms with van der Waals surface area (Å²) in [7, 11) is 2.21. The van der Waals surface area contributed by atoms with E-state index in [1.165, 1.54) is 37.4 Å². The fourth-order valence-corrected chi connectivity index (χ4v) is 3.23. The summed E-state index contributed by atoms with van der Waals surface area (Å²) in [4.78, 5) is 7.50. The zero-order valence-corrected chi connectivity index (χ0v) is 12.5. The standard InChI is InChI=1S/C16H26N4/c1-18-8-10-19(11-9-18)12-13-20-7-6-15(17)14-4-2-3-5-16(14)20/h2-5,15H,6-13,17H2,1H3. The van der Waals surface area contributed by atoms with Gasteiger partial charge in [-0.05, 0) is 25.1 Å². The second-order valence-electron chi connectivity index (χ2n) is 6.09. The van der Waals surface area contributed by atoms with Gasteiger partial charge in [-0.15, -0.1) is 0 Å². The molecule has 3 rings (SSSR count). The molecule has 1 atom stereocenters. The lowest BCUT2D eigenvalue weighted by atomic mass is 9.97. The number of para-hydroxylation sites is 1. The summed E-state index contributed by atoms with van der Waals surface area (Å²) in [6.45, 7) is 8.16. The minimum Gasteiger partial charge on any atom is -0.370 e. The Balaban J connectivity index is 1.60. The smallest absolute Gasteiger partial charge is 0.0415 e. The van der Waals surface area contributed by atoms with Gasteiger partial charge in [0.05, 0.1) is 0 Å². The van der Waals surface area contributed by atoms with Crippen LogP contribution in [0.4, 0.5) is 5.69 Å². The van der Waals surface area contributed by atoms with Gasteiger partial charge in [-0.2, -0.15) is 0 Å². The van der Waals surface area contributed by atoms with Gasteiger partial charge in [0.2, 0.25) is 0 Å². The van der Waals surface area contributed by atoms with Crippen molar-refractivity contribution in [1.82, 2.24) is 9.80 Å². The van der Waals surface area contributed by atoms with Gasteiger partial charge < -0.3 is 15.5 Å². The third kappa shape index (κ3) is 2.97. The maximum absolute atomic E-state index is 6.22. The van der Waals surface area contributed by atoms with Crippen LogP contribution in [0.3, 0.4) is 0 Å². The van der Waals surface area contributed by atoms with Gasteiger partial charge in [0, 0.05) is 57.5 Å². The molecule has 0 radical (unpaired) electrons. The Labute approximate surface area is 122 Å². The molecule has 0 spiro atoms. The van der Waals surface area contributed by atoms with E-state index < -0.39 is 0 Å². The van der Waals surface area contributed by atoms with E-state index in [0.29, 0.717) is 0 Å². The molecule has 0 aliphatic carbocycles. The molecule has 2 heterocycles. The summed E-state index contributed by atoms with van der Waals surface area (Å²) in [5.74, 6) is 0. The molecule has 0 saturated carbocycles. The highest BCUT2D eigenvalue weighted by Gasteiger charge is 2.22. The van der Waals surface area contributed by atoms with E-state index in [0.717, 1.165) is 26.1 Å². The number of likely N-dealkylation sites (N-methyl/N-ethyl adjacent to an activating group) is 1. The zero-order valence-electron chi connectivity index (χ0n) is 12.5. The van der Waals surface area contributed by atoms with E-state index >= 15 is 0 Å². The summed E-state index contributed by atoms with van der Waals surface area (Å²) < 4.78 is 0. The van der Waals surface area contributed by atoms with Gasteiger partial charge in [0.25, 0.3) is 0 Å². The highest BCUT2D eigenvalue weighted by atomic mass is 15.3. The Bertz CT molecular complexity index is 440. The zero-order chi connectivity index (χ0) is 13.9. The minimum absolute atomic E-state index is 0.214. The van der Waals surface area contributed by atoms with Crippen LogP contribution in [0.1, 0.15) is 18.0 Å². The number of nitrogens with two attached hydrogens (primary N) is 1. The Morgan fingerprint density at radius 1 is 1.05 bits per heavy atom. The first-order chi connectivity index (χ1) is 9.74. The van der Waals surface area contributed by atoms with Crippen molar-refractivity contribution in [3.05, 3.63) is 29.8 Å². The van der Waals surface area contributed by atoms with Crippen LogP contribution in [-0.2, 0) is 0 Å². The fraction of sp³-hybridized carbons (Fsp3) is 0.625. The molecule has 20 heavy (non-hydrogen) atoms. The van der Waals surface area contributed by atoms with Gasteiger partial charge in [-0.1, -0.05) is 18.2 Å². The Morgan fingerprint density at radius 2 is 1.80 bits per heavy atom. The van der Waals surface area contributed by atoms with Crippen LogP contribution in [0.5, 0.6) is 0 Å². The van der Waals surface area contributed by atoms with Gasteiger partial charge in [-0.3, -0.25) is 4.90 Å². The molecule has 0 amide bonds. The molecule has 0 bridgehead atoms. The van der Waals surface area contributed by atoms with Gasteiger partial charge in [0.1, 0.15) is 0 Å². The molecular weight excluding hydrogens is 248 g/mol. The van der Waals surface area contributed by atoms with Crippen LogP contribution in [0.25, 0.3) is 0 Å². The molecule has 110 valence electrons. The predicted molar refractivity (Wildman–Crippen MR) is 84.1 cm³/mol. The summed E-state index contributed by atoms with van der Waals surface area (Å²) in [6.07, 6.45) is 1.07. The number of rotatable bonds is 3. The number of piperazine rings is 1. The summed E-state index contributed by atoms with van der Waals surface area (Å²) in [5, 5.41) is 0. The molecular formula is C16H26N4. The van der Waals surface area contributed by atoms with Crippen molar-refractivity contribution in [3.8, 4) is 0 Å². The van der Waals surface area contributed by atoms with E-state index in [1.807, 2.05) is 0 Å². The van der Waals surface area contributed by atoms with Crippen LogP contribution in [0.15, 0.2) is 24.3 Å². The normalized spacial score (nSPS) is 24.7. The monoisotopic (exact) mass is 274 g/mol. The number of nitrogens with zero attached hydrogens (tertiary/aromatic N) is 3. The lowest BCUT2D eigenvalue weighted by Gasteiger charge is -2.37. The summed E-state index contributed by atoms with van der Waals surface area (Å²) in [6, 6.07) is 8.84. The first-order valence-electron chi connectivity index (χ1n) is 7.74. The molecule has 4 nitrogen and oxygen atoms in total. The Morgan fingerprint density at radius 3 is 2.60 bits per heavy atom. The van der Waals surface area contributed by atoms with Crippen molar-refractivity contribution in [1.29, 1.82) is 0 Å². The maximum Gasteiger partial charge on any atom is 0.0415 e. The van der Waals surface area contributed by atoms with Gasteiger partial charge >= 0.3 is 0 Å².